The summed E-state index contributed by atoms with van der Waals surface area (Å²) in [6.07, 6.45) is 12.4. The van der Waals surface area contributed by atoms with Crippen molar-refractivity contribution >= 4 is 65.1 Å². The minimum atomic E-state index is -0.466. The van der Waals surface area contributed by atoms with Crippen molar-refractivity contribution < 1.29 is 33.5 Å². The normalized spacial score (nSPS) is 19.4. The summed E-state index contributed by atoms with van der Waals surface area (Å²) in [4.78, 5) is 16.9. The standard InChI is InChI=1S/C29H33NOS3.C24H23NO.C4H8O.C4H8S2.C4H9.Li/c31-27(22-34-28-32-20-11-21-33-28)26-18-10-19-30(26)29(23-12-4-1-5-13-23,24-14-6-2-7-15-24)25-16-8-3-9-17-25;26-19-23-17-10-18-25(23)24(20-11-4-1-5-12-20,21-13-6-2-7-14-21)22-15-8-3-9-16-22;1-2-4-5-3-1;1-2-5-4-6-3-1;1-3-4-2;/h1-9,12-17,26-28,31H,10-11,18-22H2;1-9,11-16,19,23H,10,17-18H2;1-4H2;1-4H2;1,3-4H2,2H3;/q;;;;-1;+1/t26?,27-;23-;;;;/m01..../s1. The van der Waals surface area contributed by atoms with Crippen molar-refractivity contribution in [3.8, 4) is 0 Å². The van der Waals surface area contributed by atoms with Crippen molar-refractivity contribution in [3.05, 3.63) is 222 Å². The summed E-state index contributed by atoms with van der Waals surface area (Å²) in [5.74, 6) is 6.07. The van der Waals surface area contributed by atoms with Crippen molar-refractivity contribution in [2.75, 3.05) is 60.2 Å². The zero-order valence-electron chi connectivity index (χ0n) is 45.3. The van der Waals surface area contributed by atoms with Gasteiger partial charge in [0.2, 0.25) is 0 Å². The number of carbonyl (C=O) groups excluding carboxylic acids is 1. The van der Waals surface area contributed by atoms with Crippen molar-refractivity contribution in [3.63, 3.8) is 0 Å². The van der Waals surface area contributed by atoms with Crippen LogP contribution in [0.3, 0.4) is 0 Å². The molecule has 76 heavy (non-hydrogen) atoms. The maximum Gasteiger partial charge on any atom is 1.00 e. The van der Waals surface area contributed by atoms with Crippen molar-refractivity contribution in [1.29, 1.82) is 0 Å². The maximum absolute atomic E-state index is 11.9. The number of likely N-dealkylation sites (tertiary alicyclic amines) is 2. The first-order valence-corrected chi connectivity index (χ1v) is 32.9. The van der Waals surface area contributed by atoms with E-state index in [1.165, 1.54) is 93.6 Å². The molecule has 5 fully saturated rings. The molecule has 0 bridgehead atoms. The molecule has 0 amide bonds. The van der Waals surface area contributed by atoms with E-state index < -0.39 is 11.1 Å². The molecule has 6 aromatic rings. The van der Waals surface area contributed by atoms with Gasteiger partial charge in [-0.25, -0.2) is 0 Å². The van der Waals surface area contributed by atoms with E-state index in [4.69, 9.17) is 4.74 Å². The van der Waals surface area contributed by atoms with E-state index >= 15 is 0 Å². The van der Waals surface area contributed by atoms with Gasteiger partial charge >= 0.3 is 18.9 Å². The molecular formula is C65H81LiN2O3S5. The maximum atomic E-state index is 11.9. The third kappa shape index (κ3) is 16.9. The number of hydrogen-bond donors (Lipinski definition) is 1. The summed E-state index contributed by atoms with van der Waals surface area (Å²) in [6.45, 7) is 9.60. The molecule has 0 aromatic heterocycles. The Morgan fingerprint density at radius 3 is 1.28 bits per heavy atom. The number of carbonyl (C=O) groups is 1. The third-order valence-corrected chi connectivity index (χ3v) is 21.7. The Kier molecular flexibility index (Phi) is 28.7. The van der Waals surface area contributed by atoms with Crippen LogP contribution in [0.2, 0.25) is 0 Å². The van der Waals surface area contributed by atoms with Gasteiger partial charge < -0.3 is 21.6 Å². The summed E-state index contributed by atoms with van der Waals surface area (Å²) >= 11 is 10.1. The molecule has 3 atom stereocenters. The topological polar surface area (TPSA) is 53.0 Å². The van der Waals surface area contributed by atoms with Crippen LogP contribution in [0.25, 0.3) is 0 Å². The largest absolute Gasteiger partial charge is 1.00 e. The molecule has 11 heteroatoms. The second-order valence-corrected chi connectivity index (χ2v) is 26.3. The molecule has 5 aliphatic heterocycles. The Bertz CT molecular complexity index is 2200. The van der Waals surface area contributed by atoms with Crippen molar-refractivity contribution in [2.45, 2.75) is 104 Å². The van der Waals surface area contributed by atoms with Crippen LogP contribution in [0.1, 0.15) is 105 Å². The predicted octanol–water partition coefficient (Wildman–Crippen LogP) is 12.6. The monoisotopic (exact) mass is 1100 g/mol. The minimum absolute atomic E-state index is 0. The van der Waals surface area contributed by atoms with E-state index in [9.17, 15) is 9.90 Å². The number of aliphatic hydroxyl groups excluding tert-OH is 1. The van der Waals surface area contributed by atoms with Gasteiger partial charge in [0.25, 0.3) is 0 Å². The zero-order chi connectivity index (χ0) is 52.2. The van der Waals surface area contributed by atoms with Crippen LogP contribution in [0.4, 0.5) is 0 Å². The van der Waals surface area contributed by atoms with Gasteiger partial charge in [0, 0.05) is 43.2 Å². The Morgan fingerprint density at radius 1 is 0.579 bits per heavy atom. The van der Waals surface area contributed by atoms with Crippen LogP contribution in [-0.2, 0) is 20.6 Å². The van der Waals surface area contributed by atoms with E-state index in [1.807, 2.05) is 53.5 Å². The minimum Gasteiger partial charge on any atom is -0.391 e. The second-order valence-electron chi connectivity index (χ2n) is 19.3. The Labute approximate surface area is 491 Å². The van der Waals surface area contributed by atoms with Gasteiger partial charge in [-0.2, -0.15) is 29.9 Å². The van der Waals surface area contributed by atoms with E-state index in [1.54, 1.807) is 0 Å². The first-order chi connectivity index (χ1) is 37.1. The first-order valence-electron chi connectivity index (χ1n) is 27.5. The number of rotatable bonds is 14. The molecule has 0 saturated carbocycles. The number of unbranched alkanes of at least 4 members (excludes halogenated alkanes) is 1. The molecule has 5 nitrogen and oxygen atoms in total. The van der Waals surface area contributed by atoms with Crippen LogP contribution < -0.4 is 18.9 Å². The molecule has 11 rings (SSSR count). The molecule has 1 N–H and O–H groups in total. The van der Waals surface area contributed by atoms with E-state index in [0.717, 1.165) is 70.4 Å². The van der Waals surface area contributed by atoms with Gasteiger partial charge in [0.15, 0.2) is 0 Å². The Morgan fingerprint density at radius 2 is 0.947 bits per heavy atom. The summed E-state index contributed by atoms with van der Waals surface area (Å²) in [5, 5.41) is 12.9. The molecule has 0 aliphatic carbocycles. The fraction of sp³-hybridized carbons (Fsp3) is 0.415. The van der Waals surface area contributed by atoms with Crippen molar-refractivity contribution in [1.82, 2.24) is 9.80 Å². The van der Waals surface area contributed by atoms with Crippen LogP contribution in [0.15, 0.2) is 182 Å². The molecule has 0 radical (unpaired) electrons. The smallest absolute Gasteiger partial charge is 0.391 e. The molecule has 5 aliphatic rings. The quantitative estimate of drug-likeness (QED) is 0.0494. The molecule has 0 spiro atoms. The SMILES string of the molecule is C1CCOC1.C1CSCSC1.O=C[C@H]1CCCN1C(c1ccccc1)(c1ccccc1)c1ccccc1.O[C@@H](CSC1SCCCS1)C1CCCN1C(c1ccccc1)(c1ccccc1)c1ccccc1.[CH2-]CCC.[Li+]. The van der Waals surface area contributed by atoms with E-state index in [2.05, 4.69) is 211 Å². The number of ether oxygens (including phenoxy) is 1. The fourth-order valence-electron chi connectivity index (χ4n) is 10.8. The zero-order valence-corrected chi connectivity index (χ0v) is 49.3. The van der Waals surface area contributed by atoms with Crippen LogP contribution in [-0.4, -0.2) is 103 Å². The number of aliphatic hydroxyl groups is 1. The molecule has 5 saturated heterocycles. The van der Waals surface area contributed by atoms with Crippen LogP contribution >= 0.6 is 58.8 Å². The molecule has 1 unspecified atom stereocenters. The first kappa shape index (κ1) is 62.4. The number of thioether (sulfide) groups is 5. The Balaban J connectivity index is 0.000000195. The van der Waals surface area contributed by atoms with Crippen molar-refractivity contribution in [2.24, 2.45) is 0 Å². The number of hydrogen-bond acceptors (Lipinski definition) is 10. The van der Waals surface area contributed by atoms with Crippen LogP contribution in [0, 0.1) is 6.92 Å². The summed E-state index contributed by atoms with van der Waals surface area (Å²) in [5.41, 5.74) is 6.48. The predicted molar refractivity (Wildman–Crippen MR) is 330 cm³/mol. The van der Waals surface area contributed by atoms with Gasteiger partial charge in [0.1, 0.15) is 6.29 Å². The van der Waals surface area contributed by atoms with Gasteiger partial charge in [-0.3, -0.25) is 9.80 Å². The van der Waals surface area contributed by atoms with E-state index in [-0.39, 0.29) is 37.0 Å². The van der Waals surface area contributed by atoms with Gasteiger partial charge in [-0.1, -0.05) is 195 Å². The van der Waals surface area contributed by atoms with Gasteiger partial charge in [-0.15, -0.1) is 35.3 Å². The second kappa shape index (κ2) is 35.0. The molecule has 6 aromatic carbocycles. The number of benzene rings is 6. The number of nitrogens with zero attached hydrogens (tertiary/aromatic N) is 2. The molecular weight excluding hydrogens is 1020 g/mol. The molecule has 5 heterocycles. The van der Waals surface area contributed by atoms with Crippen LogP contribution in [0.5, 0.6) is 0 Å². The summed E-state index contributed by atoms with van der Waals surface area (Å²) < 4.78 is 5.50. The average molecular weight is 1110 g/mol. The average Bonchev–Trinajstić information content (AvgIpc) is 4.38. The molecule has 400 valence electrons. The van der Waals surface area contributed by atoms with Gasteiger partial charge in [0.05, 0.1) is 27.1 Å². The van der Waals surface area contributed by atoms with E-state index in [0.29, 0.717) is 3.91 Å². The van der Waals surface area contributed by atoms with Gasteiger partial charge in [-0.05, 0) is 108 Å². The number of aldehydes is 1. The fourth-order valence-corrected chi connectivity index (χ4v) is 17.7. The Hall–Kier alpha value is -2.82. The summed E-state index contributed by atoms with van der Waals surface area (Å²) in [7, 11) is 0. The third-order valence-electron chi connectivity index (χ3n) is 14.3. The summed E-state index contributed by atoms with van der Waals surface area (Å²) in [6, 6.07) is 64.5.